The highest BCUT2D eigenvalue weighted by atomic mass is 16.2. The van der Waals surface area contributed by atoms with Crippen molar-refractivity contribution in [3.63, 3.8) is 0 Å². The summed E-state index contributed by atoms with van der Waals surface area (Å²) in [6, 6.07) is 59.2. The molecule has 8 aliphatic heterocycles. The van der Waals surface area contributed by atoms with E-state index < -0.39 is 0 Å². The molecular formula is C107H118N8O13. The van der Waals surface area contributed by atoms with Crippen LogP contribution < -0.4 is 0 Å². The molecule has 8 heterocycles. The van der Waals surface area contributed by atoms with E-state index in [4.69, 9.17) is 0 Å². The Morgan fingerprint density at radius 2 is 0.477 bits per heavy atom. The molecule has 0 saturated heterocycles. The highest BCUT2D eigenvalue weighted by Crippen LogP contribution is 2.45. The minimum absolute atomic E-state index is 0. The largest absolute Gasteiger partial charge is 0.335 e. The van der Waals surface area contributed by atoms with Crippen LogP contribution >= 0.6 is 0 Å². The van der Waals surface area contributed by atoms with E-state index in [9.17, 15) is 62.3 Å². The minimum Gasteiger partial charge on any atom is -0.335 e. The fourth-order valence-electron chi connectivity index (χ4n) is 22.8. The quantitative estimate of drug-likeness (QED) is 0.0920. The molecular weight excluding hydrogens is 1610 g/mol. The van der Waals surface area contributed by atoms with Gasteiger partial charge in [-0.25, -0.2) is 0 Å². The number of imide groups is 4. The van der Waals surface area contributed by atoms with Crippen molar-refractivity contribution in [2.75, 3.05) is 52.4 Å². The molecule has 20 rings (SSSR count). The SMILES string of the molecule is C.CC(=O)[C@H]1CCCC[C@H]1C(=O)N1CCc2ccccc2[C@@H]1CCN1C(=O)c2ccccc2C1=O.CC1CCCCC1C(=O)N1CCc2ccccc2C1CN1C(=O)c2ccccc2C1=O.CC1CCCCC1C(=O)N1CCc2ccccc2C1CN1C(=O)c2ccccc2C1=O.C[C@H]1CCCC[C@H]1C(=O)N1CCc2ccccc2C1CN1C(=O)c2ccccc2C1=O. The molecule has 12 atom stereocenters. The molecule has 4 saturated carbocycles. The molecule has 0 radical (unpaired) electrons. The van der Waals surface area contributed by atoms with Gasteiger partial charge in [0.15, 0.2) is 0 Å². The second-order valence-electron chi connectivity index (χ2n) is 37.1. The molecule has 128 heavy (non-hydrogen) atoms. The van der Waals surface area contributed by atoms with Gasteiger partial charge in [0.25, 0.3) is 47.3 Å². The molecule has 8 aromatic carbocycles. The number of carbonyl (C=O) groups excluding carboxylic acids is 13. The molecule has 21 nitrogen and oxygen atoms in total. The summed E-state index contributed by atoms with van der Waals surface area (Å²) in [5, 5.41) is 0. The maximum absolute atomic E-state index is 13.8. The zero-order valence-corrected chi connectivity index (χ0v) is 73.3. The van der Waals surface area contributed by atoms with Crippen molar-refractivity contribution in [2.45, 2.75) is 194 Å². The number of ketones is 1. The molecule has 7 unspecified atom stereocenters. The summed E-state index contributed by atoms with van der Waals surface area (Å²) in [6.45, 7) is 11.5. The molecule has 0 bridgehead atoms. The standard InChI is InChI=1S/C28H30N2O4.3C26H28N2O3.CH4/c1-18(31)20-9-4-5-11-22(20)26(32)29-16-14-19-8-2-3-10-21(19)25(29)15-17-30-27(33)23-12-6-7-13-24(23)28(30)34;3*1-17-8-2-4-10-19(17)24(29)27-15-14-18-9-3-5-11-20(18)23(27)16-28-25(30)21-12-6-7-13-22(21)26(28)31;/h2-3,6-8,10,12-13,20,22,25H,4-5,9,11,14-17H2,1H3;3*3,5-7,9,11-13,17,19,23H,2,4,8,10,14-16H2,1H3;1H4/t20-,22-,25+;17-,19+,23?;;;/m10.../s1. The first kappa shape index (κ1) is 89.3. The van der Waals surface area contributed by atoms with Gasteiger partial charge < -0.3 is 19.6 Å². The van der Waals surface area contributed by atoms with Gasteiger partial charge in [-0.05, 0) is 201 Å². The third-order valence-electron chi connectivity index (χ3n) is 29.9. The van der Waals surface area contributed by atoms with Crippen molar-refractivity contribution in [3.05, 3.63) is 283 Å². The van der Waals surface area contributed by atoms with Crippen LogP contribution in [-0.4, -0.2) is 168 Å². The van der Waals surface area contributed by atoms with Gasteiger partial charge in [0.2, 0.25) is 23.6 Å². The molecule has 0 spiro atoms. The summed E-state index contributed by atoms with van der Waals surface area (Å²) in [7, 11) is 0. The number of rotatable bonds is 14. The molecule has 12 aliphatic rings. The van der Waals surface area contributed by atoms with Crippen LogP contribution in [0.25, 0.3) is 0 Å². The lowest BCUT2D eigenvalue weighted by molar-refractivity contribution is -0.145. The Balaban J connectivity index is 0.000000125. The van der Waals surface area contributed by atoms with Crippen LogP contribution in [0.1, 0.15) is 296 Å². The average molecular weight is 1720 g/mol. The lowest BCUT2D eigenvalue weighted by atomic mass is 9.76. The van der Waals surface area contributed by atoms with Gasteiger partial charge in [0.1, 0.15) is 5.78 Å². The molecule has 0 N–H and O–H groups in total. The van der Waals surface area contributed by atoms with Gasteiger partial charge in [-0.1, -0.05) is 225 Å². The van der Waals surface area contributed by atoms with Crippen molar-refractivity contribution in [1.29, 1.82) is 0 Å². The van der Waals surface area contributed by atoms with Crippen LogP contribution in [0, 0.1) is 47.3 Å². The van der Waals surface area contributed by atoms with Crippen LogP contribution in [0.3, 0.4) is 0 Å². The first-order valence-corrected chi connectivity index (χ1v) is 46.5. The second kappa shape index (κ2) is 38.8. The Kier molecular flexibility index (Phi) is 27.1. The fraction of sp³-hybridized carbons (Fsp3) is 0.430. The van der Waals surface area contributed by atoms with Gasteiger partial charge in [-0.3, -0.25) is 81.9 Å². The summed E-state index contributed by atoms with van der Waals surface area (Å²) >= 11 is 0. The van der Waals surface area contributed by atoms with Crippen LogP contribution in [-0.2, 0) is 49.7 Å². The third kappa shape index (κ3) is 17.4. The highest BCUT2D eigenvalue weighted by molar-refractivity contribution is 6.23. The van der Waals surface area contributed by atoms with E-state index in [0.717, 1.165) is 131 Å². The molecule has 21 heteroatoms. The van der Waals surface area contributed by atoms with E-state index in [1.807, 2.05) is 92.4 Å². The normalized spacial score (nSPS) is 24.8. The van der Waals surface area contributed by atoms with Crippen LogP contribution in [0.15, 0.2) is 194 Å². The summed E-state index contributed by atoms with van der Waals surface area (Å²) in [5.74, 6) is -0.704. The second-order valence-corrected chi connectivity index (χ2v) is 37.1. The van der Waals surface area contributed by atoms with Gasteiger partial charge in [-0.15, -0.1) is 0 Å². The average Bonchev–Trinajstić information content (AvgIpc) is 1.62. The van der Waals surface area contributed by atoms with Gasteiger partial charge in [0.05, 0.1) is 88.3 Å². The fourth-order valence-corrected chi connectivity index (χ4v) is 22.8. The lowest BCUT2D eigenvalue weighted by Crippen LogP contribution is -2.49. The number of hydrogen-bond acceptors (Lipinski definition) is 13. The van der Waals surface area contributed by atoms with Crippen LogP contribution in [0.2, 0.25) is 0 Å². The number of benzene rings is 8. The van der Waals surface area contributed by atoms with E-state index in [1.165, 1.54) is 61.1 Å². The maximum Gasteiger partial charge on any atom is 0.261 e. The molecule has 8 aromatic rings. The number of fused-ring (bicyclic) bond motifs is 8. The Bertz CT molecular complexity index is 5120. The number of carbonyl (C=O) groups is 13. The van der Waals surface area contributed by atoms with Crippen molar-refractivity contribution in [2.24, 2.45) is 47.3 Å². The molecule has 0 aromatic heterocycles. The number of Topliss-reactive ketones (excluding diaryl/α,β-unsaturated/α-hetero) is 1. The Labute approximate surface area is 750 Å². The topological polar surface area (TPSA) is 248 Å². The van der Waals surface area contributed by atoms with Crippen molar-refractivity contribution in [3.8, 4) is 0 Å². The first-order valence-electron chi connectivity index (χ1n) is 46.5. The first-order chi connectivity index (χ1) is 61.6. The van der Waals surface area contributed by atoms with E-state index in [2.05, 4.69) is 45.0 Å². The molecule has 664 valence electrons. The predicted octanol–water partition coefficient (Wildman–Crippen LogP) is 17.5. The zero-order valence-electron chi connectivity index (χ0n) is 73.3. The Morgan fingerprint density at radius 1 is 0.266 bits per heavy atom. The van der Waals surface area contributed by atoms with Crippen molar-refractivity contribution >= 4 is 76.7 Å². The van der Waals surface area contributed by atoms with E-state index in [0.29, 0.717) is 94.9 Å². The van der Waals surface area contributed by atoms with Gasteiger partial charge in [-0.2, -0.15) is 0 Å². The van der Waals surface area contributed by atoms with Gasteiger partial charge >= 0.3 is 0 Å². The van der Waals surface area contributed by atoms with Crippen LogP contribution in [0.4, 0.5) is 0 Å². The van der Waals surface area contributed by atoms with E-state index >= 15 is 0 Å². The number of hydrogen-bond donors (Lipinski definition) is 0. The smallest absolute Gasteiger partial charge is 0.261 e. The highest BCUT2D eigenvalue weighted by Gasteiger charge is 2.49. The molecule has 4 aliphatic carbocycles. The zero-order chi connectivity index (χ0) is 88.4. The monoisotopic (exact) mass is 1720 g/mol. The number of amides is 12. The van der Waals surface area contributed by atoms with E-state index in [1.54, 1.807) is 104 Å². The summed E-state index contributed by atoms with van der Waals surface area (Å²) in [6.07, 6.45) is 20.0. The Morgan fingerprint density at radius 3 is 0.742 bits per heavy atom. The lowest BCUT2D eigenvalue weighted by Gasteiger charge is -2.42. The predicted molar refractivity (Wildman–Crippen MR) is 486 cm³/mol. The summed E-state index contributed by atoms with van der Waals surface area (Å²) in [5.41, 5.74) is 12.7. The Hall–Kier alpha value is -12.1. The minimum atomic E-state index is -0.297. The third-order valence-corrected chi connectivity index (χ3v) is 29.9. The summed E-state index contributed by atoms with van der Waals surface area (Å²) < 4.78 is 0. The molecule has 12 amide bonds. The number of nitrogens with zero attached hydrogens (tertiary/aromatic N) is 8. The summed E-state index contributed by atoms with van der Waals surface area (Å²) in [4.78, 5) is 184. The van der Waals surface area contributed by atoms with E-state index in [-0.39, 0.29) is 164 Å². The van der Waals surface area contributed by atoms with Gasteiger partial charge in [0, 0.05) is 62.3 Å². The van der Waals surface area contributed by atoms with Crippen LogP contribution in [0.5, 0.6) is 0 Å². The maximum atomic E-state index is 13.8. The van der Waals surface area contributed by atoms with Crippen molar-refractivity contribution in [1.82, 2.24) is 39.2 Å². The van der Waals surface area contributed by atoms with Crippen molar-refractivity contribution < 1.29 is 62.3 Å². The molecule has 4 fully saturated rings.